The molecule has 1 atom stereocenters. The molecule has 0 aliphatic carbocycles. The van der Waals surface area contributed by atoms with E-state index in [9.17, 15) is 14.7 Å². The van der Waals surface area contributed by atoms with Crippen molar-refractivity contribution in [2.24, 2.45) is 0 Å². The number of ketones is 1. The summed E-state index contributed by atoms with van der Waals surface area (Å²) in [4.78, 5) is 31.1. The zero-order valence-corrected chi connectivity index (χ0v) is 20.9. The van der Waals surface area contributed by atoms with Gasteiger partial charge in [0.2, 0.25) is 0 Å². The van der Waals surface area contributed by atoms with E-state index in [-0.39, 0.29) is 11.3 Å². The van der Waals surface area contributed by atoms with E-state index in [1.807, 2.05) is 36.6 Å². The van der Waals surface area contributed by atoms with Gasteiger partial charge < -0.3 is 14.9 Å². The van der Waals surface area contributed by atoms with Crippen LogP contribution in [0.4, 0.5) is 0 Å². The van der Waals surface area contributed by atoms with Crippen molar-refractivity contribution < 1.29 is 14.7 Å². The molecule has 0 radical (unpaired) electrons. The molecule has 178 valence electrons. The van der Waals surface area contributed by atoms with Gasteiger partial charge in [0.25, 0.3) is 11.7 Å². The summed E-state index contributed by atoms with van der Waals surface area (Å²) >= 11 is 1.51. The Labute approximate surface area is 201 Å². The fourth-order valence-corrected chi connectivity index (χ4v) is 5.13. The summed E-state index contributed by atoms with van der Waals surface area (Å²) in [5, 5.41) is 13.0. The number of aryl methyl sites for hydroxylation is 1. The molecule has 6 heteroatoms. The number of hydrogen-bond donors (Lipinski definition) is 1. The number of carbonyl (C=O) groups is 2. The van der Waals surface area contributed by atoms with Crippen molar-refractivity contribution in [1.29, 1.82) is 0 Å². The molecule has 1 aliphatic heterocycles. The Morgan fingerprint density at radius 2 is 1.64 bits per heavy atom. The van der Waals surface area contributed by atoms with E-state index in [2.05, 4.69) is 18.7 Å². The summed E-state index contributed by atoms with van der Waals surface area (Å²) in [7, 11) is 0. The van der Waals surface area contributed by atoms with Gasteiger partial charge in [0, 0.05) is 17.0 Å². The molecule has 1 aromatic carbocycles. The van der Waals surface area contributed by atoms with Crippen molar-refractivity contribution >= 4 is 28.8 Å². The number of rotatable bonds is 12. The number of likely N-dealkylation sites (tertiary alicyclic amines) is 1. The number of Topliss-reactive ketones (excluding diaryl/α,β-unsaturated/α-hetero) is 1. The fraction of sp³-hybridized carbons (Fsp3) is 0.481. The molecule has 1 amide bonds. The van der Waals surface area contributed by atoms with Crippen LogP contribution in [0.5, 0.6) is 0 Å². The lowest BCUT2D eigenvalue weighted by Crippen LogP contribution is -2.34. The zero-order valence-electron chi connectivity index (χ0n) is 20.0. The number of aliphatic hydroxyl groups excluding tert-OH is 1. The third-order valence-electron chi connectivity index (χ3n) is 6.21. The van der Waals surface area contributed by atoms with Crippen LogP contribution in [-0.2, 0) is 9.59 Å². The quantitative estimate of drug-likeness (QED) is 0.244. The monoisotopic (exact) mass is 468 g/mol. The SMILES string of the molecule is CCCCN(CCCC)CCCN1C(=O)C(=O)/C(=C(\O)c2ccc(C)cc2)C1c1cccs1. The van der Waals surface area contributed by atoms with E-state index in [1.54, 1.807) is 17.0 Å². The van der Waals surface area contributed by atoms with Crippen LogP contribution in [0.3, 0.4) is 0 Å². The van der Waals surface area contributed by atoms with E-state index in [0.717, 1.165) is 49.3 Å². The van der Waals surface area contributed by atoms with Crippen LogP contribution in [-0.4, -0.2) is 52.8 Å². The van der Waals surface area contributed by atoms with Gasteiger partial charge in [0.05, 0.1) is 11.6 Å². The zero-order chi connectivity index (χ0) is 23.8. The minimum atomic E-state index is -0.597. The van der Waals surface area contributed by atoms with Crippen molar-refractivity contribution in [1.82, 2.24) is 9.80 Å². The average Bonchev–Trinajstić information content (AvgIpc) is 3.43. The molecule has 0 saturated carbocycles. The van der Waals surface area contributed by atoms with Crippen molar-refractivity contribution in [3.8, 4) is 0 Å². The van der Waals surface area contributed by atoms with Gasteiger partial charge in [0.1, 0.15) is 5.76 Å². The molecule has 5 nitrogen and oxygen atoms in total. The summed E-state index contributed by atoms with van der Waals surface area (Å²) in [6.45, 7) is 9.90. The van der Waals surface area contributed by atoms with Gasteiger partial charge in [-0.3, -0.25) is 9.59 Å². The number of carbonyl (C=O) groups excluding carboxylic acids is 2. The molecule has 1 saturated heterocycles. The van der Waals surface area contributed by atoms with Gasteiger partial charge in [-0.15, -0.1) is 11.3 Å². The lowest BCUT2D eigenvalue weighted by atomic mass is 9.99. The van der Waals surface area contributed by atoms with Crippen LogP contribution in [0.25, 0.3) is 5.76 Å². The highest BCUT2D eigenvalue weighted by atomic mass is 32.1. The predicted octanol–water partition coefficient (Wildman–Crippen LogP) is 5.77. The Kier molecular flexibility index (Phi) is 9.27. The topological polar surface area (TPSA) is 60.9 Å². The average molecular weight is 469 g/mol. The van der Waals surface area contributed by atoms with E-state index >= 15 is 0 Å². The number of thiophene rings is 1. The molecule has 0 spiro atoms. The van der Waals surface area contributed by atoms with E-state index in [1.165, 1.54) is 24.2 Å². The van der Waals surface area contributed by atoms with Crippen molar-refractivity contribution in [2.75, 3.05) is 26.2 Å². The summed E-state index contributed by atoms with van der Waals surface area (Å²) in [5.74, 6) is -1.21. The van der Waals surface area contributed by atoms with Gasteiger partial charge in [-0.25, -0.2) is 0 Å². The molecule has 0 bridgehead atoms. The van der Waals surface area contributed by atoms with E-state index in [4.69, 9.17) is 0 Å². The van der Waals surface area contributed by atoms with Gasteiger partial charge in [-0.1, -0.05) is 62.6 Å². The molecule has 1 aliphatic rings. The van der Waals surface area contributed by atoms with Crippen LogP contribution in [0.15, 0.2) is 47.4 Å². The number of benzene rings is 1. The highest BCUT2D eigenvalue weighted by Gasteiger charge is 2.46. The van der Waals surface area contributed by atoms with Gasteiger partial charge in [0.15, 0.2) is 0 Å². The van der Waals surface area contributed by atoms with Crippen LogP contribution in [0.1, 0.15) is 68.0 Å². The molecule has 1 N–H and O–H groups in total. The highest BCUT2D eigenvalue weighted by molar-refractivity contribution is 7.10. The Bertz CT molecular complexity index is 942. The maximum atomic E-state index is 13.1. The van der Waals surface area contributed by atoms with Crippen LogP contribution in [0.2, 0.25) is 0 Å². The fourth-order valence-electron chi connectivity index (χ4n) is 4.28. The molecule has 1 unspecified atom stereocenters. The first-order valence-electron chi connectivity index (χ1n) is 12.1. The Hall–Kier alpha value is -2.44. The lowest BCUT2D eigenvalue weighted by Gasteiger charge is -2.26. The standard InChI is InChI=1S/C27H36N2O3S/c1-4-6-15-28(16-7-5-2)17-9-18-29-24(22-10-8-19-33-22)23(26(31)27(29)32)25(30)21-13-11-20(3)12-14-21/h8,10-14,19,24,30H,4-7,9,15-18H2,1-3H3/b25-23-. The molecule has 2 heterocycles. The first-order valence-corrected chi connectivity index (χ1v) is 13.0. The summed E-state index contributed by atoms with van der Waals surface area (Å²) in [6.07, 6.45) is 5.45. The van der Waals surface area contributed by atoms with Gasteiger partial charge in [-0.2, -0.15) is 0 Å². The predicted molar refractivity (Wildman–Crippen MR) is 135 cm³/mol. The second kappa shape index (κ2) is 12.1. The van der Waals surface area contributed by atoms with Crippen molar-refractivity contribution in [3.63, 3.8) is 0 Å². The molecule has 33 heavy (non-hydrogen) atoms. The van der Waals surface area contributed by atoms with Crippen LogP contribution in [0, 0.1) is 6.92 Å². The Morgan fingerprint density at radius 3 is 2.21 bits per heavy atom. The molecule has 2 aromatic rings. The van der Waals surface area contributed by atoms with Crippen molar-refractivity contribution in [2.45, 2.75) is 58.9 Å². The number of aliphatic hydroxyl groups is 1. The second-order valence-corrected chi connectivity index (χ2v) is 9.76. The maximum absolute atomic E-state index is 13.1. The minimum Gasteiger partial charge on any atom is -0.507 e. The van der Waals surface area contributed by atoms with Crippen LogP contribution >= 0.6 is 11.3 Å². The first-order chi connectivity index (χ1) is 16.0. The Morgan fingerprint density at radius 1 is 1.00 bits per heavy atom. The number of unbranched alkanes of at least 4 members (excludes halogenated alkanes) is 2. The molecule has 1 fully saturated rings. The summed E-state index contributed by atoms with van der Waals surface area (Å²) in [5.41, 5.74) is 1.82. The number of hydrogen-bond acceptors (Lipinski definition) is 5. The van der Waals surface area contributed by atoms with Crippen molar-refractivity contribution in [3.05, 3.63) is 63.4 Å². The number of amides is 1. The van der Waals surface area contributed by atoms with Gasteiger partial charge in [-0.05, 0) is 57.3 Å². The molecular formula is C27H36N2O3S. The summed E-state index contributed by atoms with van der Waals surface area (Å²) in [6, 6.07) is 10.7. The highest BCUT2D eigenvalue weighted by Crippen LogP contribution is 2.41. The maximum Gasteiger partial charge on any atom is 0.295 e. The van der Waals surface area contributed by atoms with E-state index in [0.29, 0.717) is 12.1 Å². The third kappa shape index (κ3) is 6.12. The normalized spacial score (nSPS) is 17.9. The van der Waals surface area contributed by atoms with E-state index < -0.39 is 17.7 Å². The Balaban J connectivity index is 1.83. The third-order valence-corrected chi connectivity index (χ3v) is 7.13. The van der Waals surface area contributed by atoms with Crippen LogP contribution < -0.4 is 0 Å². The lowest BCUT2D eigenvalue weighted by molar-refractivity contribution is -0.139. The second-order valence-electron chi connectivity index (χ2n) is 8.78. The molecule has 3 rings (SSSR count). The number of nitrogens with zero attached hydrogens (tertiary/aromatic N) is 2. The smallest absolute Gasteiger partial charge is 0.295 e. The first kappa shape index (κ1) is 25.2. The molecular weight excluding hydrogens is 432 g/mol. The molecule has 1 aromatic heterocycles. The largest absolute Gasteiger partial charge is 0.507 e. The van der Waals surface area contributed by atoms with Gasteiger partial charge >= 0.3 is 0 Å². The summed E-state index contributed by atoms with van der Waals surface area (Å²) < 4.78 is 0. The minimum absolute atomic E-state index is 0.0956.